The largest absolute Gasteiger partial charge is 0.493 e. The van der Waals surface area contributed by atoms with Crippen LogP contribution in [0.5, 0.6) is 5.88 Å². The number of para-hydroxylation sites is 1. The van der Waals surface area contributed by atoms with Crippen molar-refractivity contribution in [1.29, 1.82) is 0 Å². The van der Waals surface area contributed by atoms with Crippen molar-refractivity contribution in [2.45, 2.75) is 13.6 Å². The predicted molar refractivity (Wildman–Crippen MR) is 137 cm³/mol. The number of rotatable bonds is 5. The summed E-state index contributed by atoms with van der Waals surface area (Å²) < 4.78 is 5.96. The van der Waals surface area contributed by atoms with Gasteiger partial charge in [0.2, 0.25) is 5.88 Å². The van der Waals surface area contributed by atoms with Crippen molar-refractivity contribution in [2.75, 3.05) is 5.32 Å². The highest BCUT2D eigenvalue weighted by atomic mass is 79.9. The molecule has 0 spiro atoms. The molecule has 0 fully saturated rings. The van der Waals surface area contributed by atoms with Crippen molar-refractivity contribution in [3.63, 3.8) is 0 Å². The van der Waals surface area contributed by atoms with E-state index in [9.17, 15) is 14.7 Å². The Bertz CT molecular complexity index is 1710. The van der Waals surface area contributed by atoms with E-state index < -0.39 is 5.91 Å². The van der Waals surface area contributed by atoms with Gasteiger partial charge in [0.25, 0.3) is 11.5 Å². The van der Waals surface area contributed by atoms with Crippen molar-refractivity contribution in [1.82, 2.24) is 13.9 Å². The molecule has 0 saturated carbocycles. The molecule has 5 rings (SSSR count). The van der Waals surface area contributed by atoms with Gasteiger partial charge < -0.3 is 10.4 Å². The minimum Gasteiger partial charge on any atom is -0.493 e. The molecule has 34 heavy (non-hydrogen) atoms. The van der Waals surface area contributed by atoms with Gasteiger partial charge in [-0.15, -0.1) is 11.3 Å². The molecule has 4 aromatic rings. The van der Waals surface area contributed by atoms with Crippen LogP contribution in [0.3, 0.4) is 0 Å². The molecule has 0 bridgehead atoms. The molecule has 1 aliphatic rings. The number of carbonyl (C=O) groups excluding carboxylic acids is 1. The molecule has 3 heterocycles. The molecule has 2 aromatic carbocycles. The van der Waals surface area contributed by atoms with Crippen LogP contribution in [0.1, 0.15) is 10.6 Å². The Hall–Kier alpha value is -3.28. The fourth-order valence-electron chi connectivity index (χ4n) is 3.94. The van der Waals surface area contributed by atoms with Crippen LogP contribution in [-0.4, -0.2) is 24.9 Å². The average molecular weight is 556 g/mol. The lowest BCUT2D eigenvalue weighted by molar-refractivity contribution is -0.112. The summed E-state index contributed by atoms with van der Waals surface area (Å²) in [4.78, 5) is 30.2. The predicted octanol–water partition coefficient (Wildman–Crippen LogP) is 2.97. The third kappa shape index (κ3) is 3.56. The van der Waals surface area contributed by atoms with Gasteiger partial charge in [-0.25, -0.2) is 9.67 Å². The van der Waals surface area contributed by atoms with Crippen LogP contribution in [0.15, 0.2) is 62.8 Å². The Morgan fingerprint density at radius 1 is 1.18 bits per heavy atom. The second kappa shape index (κ2) is 8.49. The van der Waals surface area contributed by atoms with Crippen LogP contribution >= 0.6 is 39.5 Å². The fourth-order valence-corrected chi connectivity index (χ4v) is 5.63. The highest BCUT2D eigenvalue weighted by molar-refractivity contribution is 9.10. The lowest BCUT2D eigenvalue weighted by Gasteiger charge is -2.08. The Labute approximate surface area is 210 Å². The molecule has 1 amide bonds. The second-order valence-electron chi connectivity index (χ2n) is 7.67. The topological polar surface area (TPSA) is 93.6 Å². The number of hydrogen-bond acceptors (Lipinski definition) is 6. The molecule has 0 radical (unpaired) electrons. The molecule has 0 atom stereocenters. The van der Waals surface area contributed by atoms with E-state index in [-0.39, 0.29) is 18.1 Å². The van der Waals surface area contributed by atoms with Gasteiger partial charge in [-0.2, -0.15) is 0 Å². The first-order valence-corrected chi connectivity index (χ1v) is 12.2. The summed E-state index contributed by atoms with van der Waals surface area (Å²) in [6, 6.07) is 14.7. The molecule has 2 aromatic heterocycles. The minimum atomic E-state index is -0.426. The number of amides is 1. The third-order valence-electron chi connectivity index (χ3n) is 5.73. The number of aromatic hydroxyl groups is 1. The molecular formula is C23H18BrN5O3S2. The maximum Gasteiger partial charge on any atom is 0.295 e. The van der Waals surface area contributed by atoms with Gasteiger partial charge in [-0.1, -0.05) is 34.1 Å². The number of fused-ring (bicyclic) bond motifs is 1. The monoisotopic (exact) mass is 555 g/mol. The third-order valence-corrected chi connectivity index (χ3v) is 7.68. The number of anilines is 1. The molecule has 11 heteroatoms. The number of carbonyl (C=O) groups is 1. The molecule has 0 aliphatic carbocycles. The van der Waals surface area contributed by atoms with Crippen LogP contribution < -0.4 is 21.5 Å². The zero-order chi connectivity index (χ0) is 24.1. The van der Waals surface area contributed by atoms with E-state index >= 15 is 0 Å². The number of nitrogens with zero attached hydrogens (tertiary/aromatic N) is 4. The van der Waals surface area contributed by atoms with E-state index in [2.05, 4.69) is 26.2 Å². The van der Waals surface area contributed by atoms with Crippen LogP contribution in [0.2, 0.25) is 0 Å². The van der Waals surface area contributed by atoms with E-state index in [0.29, 0.717) is 30.7 Å². The number of hydrogen-bond donors (Lipinski definition) is 2. The SMILES string of the molecule is Cc1c(NCn2c(O)c(C3=c4cc(Br)ccc4=NC3=O)sc2=S)c(=O)n(-c2ccccc2)n1C. The summed E-state index contributed by atoms with van der Waals surface area (Å²) in [5.74, 6) is -0.574. The summed E-state index contributed by atoms with van der Waals surface area (Å²) in [5, 5.41) is 15.3. The van der Waals surface area contributed by atoms with Crippen LogP contribution in [0.4, 0.5) is 5.69 Å². The molecule has 2 N–H and O–H groups in total. The van der Waals surface area contributed by atoms with E-state index in [1.807, 2.05) is 44.3 Å². The molecular weight excluding hydrogens is 538 g/mol. The van der Waals surface area contributed by atoms with Crippen molar-refractivity contribution < 1.29 is 9.90 Å². The summed E-state index contributed by atoms with van der Waals surface area (Å²) in [6.07, 6.45) is 0. The lowest BCUT2D eigenvalue weighted by Crippen LogP contribution is -2.23. The van der Waals surface area contributed by atoms with E-state index in [4.69, 9.17) is 12.2 Å². The first-order chi connectivity index (χ1) is 16.3. The van der Waals surface area contributed by atoms with E-state index in [0.717, 1.165) is 27.2 Å². The average Bonchev–Trinajstić information content (AvgIpc) is 3.36. The highest BCUT2D eigenvalue weighted by Gasteiger charge is 2.26. The van der Waals surface area contributed by atoms with E-state index in [1.54, 1.807) is 27.6 Å². The van der Waals surface area contributed by atoms with Gasteiger partial charge in [0, 0.05) is 16.7 Å². The molecule has 8 nitrogen and oxygen atoms in total. The maximum atomic E-state index is 13.1. The fraction of sp³-hybridized carbons (Fsp3) is 0.130. The Balaban J connectivity index is 1.53. The zero-order valence-corrected chi connectivity index (χ0v) is 21.3. The van der Waals surface area contributed by atoms with Crippen molar-refractivity contribution in [3.8, 4) is 11.6 Å². The molecule has 1 aliphatic heterocycles. The van der Waals surface area contributed by atoms with Crippen LogP contribution in [0.25, 0.3) is 11.3 Å². The summed E-state index contributed by atoms with van der Waals surface area (Å²) >= 11 is 10.0. The Morgan fingerprint density at radius 3 is 2.65 bits per heavy atom. The molecule has 0 saturated heterocycles. The quantitative estimate of drug-likeness (QED) is 0.369. The summed E-state index contributed by atoms with van der Waals surface area (Å²) in [5.41, 5.74) is 1.97. The maximum absolute atomic E-state index is 13.1. The highest BCUT2D eigenvalue weighted by Crippen LogP contribution is 2.32. The van der Waals surface area contributed by atoms with Crippen molar-refractivity contribution >= 4 is 56.7 Å². The Kier molecular flexibility index (Phi) is 5.62. The number of aromatic nitrogens is 3. The number of thiazole rings is 1. The Morgan fingerprint density at radius 2 is 1.91 bits per heavy atom. The number of nitrogens with one attached hydrogen (secondary N) is 1. The standard InChI is InChI=1S/C23H18BrN5O3S2/c1-12-18(21(31)29(27(12)2)14-6-4-3-5-7-14)25-11-28-22(32)19(34-23(28)33)17-15-10-13(24)8-9-16(15)26-20(17)30/h3-10,25,32H,11H2,1-2H3. The van der Waals surface area contributed by atoms with Gasteiger partial charge in [-0.05, 0) is 49.5 Å². The van der Waals surface area contributed by atoms with Gasteiger partial charge in [0.1, 0.15) is 10.6 Å². The summed E-state index contributed by atoms with van der Waals surface area (Å²) in [7, 11) is 1.81. The van der Waals surface area contributed by atoms with E-state index in [1.165, 1.54) is 4.57 Å². The molecule has 172 valence electrons. The van der Waals surface area contributed by atoms with Gasteiger partial charge in [0.15, 0.2) is 3.95 Å². The normalized spacial score (nSPS) is 12.7. The van der Waals surface area contributed by atoms with Crippen LogP contribution in [0, 0.1) is 10.9 Å². The van der Waals surface area contributed by atoms with Crippen molar-refractivity contribution in [3.05, 3.63) is 88.5 Å². The molecule has 0 unspecified atom stereocenters. The smallest absolute Gasteiger partial charge is 0.295 e. The first-order valence-electron chi connectivity index (χ1n) is 10.2. The summed E-state index contributed by atoms with van der Waals surface area (Å²) in [6.45, 7) is 1.89. The van der Waals surface area contributed by atoms with Gasteiger partial charge in [-0.3, -0.25) is 18.8 Å². The lowest BCUT2D eigenvalue weighted by atomic mass is 10.1. The van der Waals surface area contributed by atoms with Gasteiger partial charge >= 0.3 is 0 Å². The first kappa shape index (κ1) is 22.5. The number of benzene rings is 2. The minimum absolute atomic E-state index is 0.0556. The van der Waals surface area contributed by atoms with Crippen molar-refractivity contribution in [2.24, 2.45) is 12.0 Å². The van der Waals surface area contributed by atoms with Crippen LogP contribution in [-0.2, 0) is 18.5 Å². The zero-order valence-electron chi connectivity index (χ0n) is 18.1. The number of halogens is 1. The second-order valence-corrected chi connectivity index (χ2v) is 10.2. The van der Waals surface area contributed by atoms with Gasteiger partial charge in [0.05, 0.1) is 29.0 Å².